The molecule has 0 aromatic carbocycles. The number of aromatic nitrogens is 3. The maximum absolute atomic E-state index is 4.61. The summed E-state index contributed by atoms with van der Waals surface area (Å²) < 4.78 is 2.08. The van der Waals surface area contributed by atoms with E-state index >= 15 is 0 Å². The molecule has 0 spiro atoms. The highest BCUT2D eigenvalue weighted by Crippen LogP contribution is 2.23. The van der Waals surface area contributed by atoms with E-state index in [1.807, 2.05) is 6.20 Å². The summed E-state index contributed by atoms with van der Waals surface area (Å²) in [6.07, 6.45) is 6.04. The predicted octanol–water partition coefficient (Wildman–Crippen LogP) is 3.32. The molecule has 0 unspecified atom stereocenters. The van der Waals surface area contributed by atoms with Gasteiger partial charge in [0.05, 0.1) is 17.6 Å². The third-order valence-electron chi connectivity index (χ3n) is 2.88. The Balaban J connectivity index is 2.56. The molecule has 3 nitrogen and oxygen atoms in total. The maximum atomic E-state index is 4.61. The Bertz CT molecular complexity index is 527. The second-order valence-corrected chi connectivity index (χ2v) is 6.66. The largest absolute Gasteiger partial charge is 0.304 e. The highest BCUT2D eigenvalue weighted by Gasteiger charge is 2.20. The second-order valence-electron chi connectivity index (χ2n) is 6.66. The van der Waals surface area contributed by atoms with E-state index in [1.54, 1.807) is 0 Å². The van der Waals surface area contributed by atoms with Crippen LogP contribution in [0.4, 0.5) is 0 Å². The Morgan fingerprint density at radius 1 is 0.882 bits per heavy atom. The average molecular weight is 231 g/mol. The zero-order chi connectivity index (χ0) is 12.8. The van der Waals surface area contributed by atoms with Crippen LogP contribution in [0.5, 0.6) is 0 Å². The fourth-order valence-electron chi connectivity index (χ4n) is 1.65. The molecule has 0 aliphatic rings. The van der Waals surface area contributed by atoms with Crippen LogP contribution in [-0.2, 0) is 10.8 Å². The molecule has 0 fully saturated rings. The molecule has 0 atom stereocenters. The lowest BCUT2D eigenvalue weighted by Gasteiger charge is -2.17. The van der Waals surface area contributed by atoms with Crippen molar-refractivity contribution in [1.82, 2.24) is 14.4 Å². The SMILES string of the molecule is CC(C)(C)c1cn2cc(C(C)(C)C)nc2cn1. The second kappa shape index (κ2) is 3.56. The Kier molecular flexibility index (Phi) is 2.53. The molecule has 0 aliphatic heterocycles. The van der Waals surface area contributed by atoms with Crippen LogP contribution in [-0.4, -0.2) is 14.4 Å². The van der Waals surface area contributed by atoms with Gasteiger partial charge in [0.25, 0.3) is 0 Å². The lowest BCUT2D eigenvalue weighted by atomic mass is 9.92. The third-order valence-corrected chi connectivity index (χ3v) is 2.88. The van der Waals surface area contributed by atoms with Crippen molar-refractivity contribution in [3.05, 3.63) is 30.0 Å². The molecular weight excluding hydrogens is 210 g/mol. The van der Waals surface area contributed by atoms with Crippen LogP contribution < -0.4 is 0 Å². The lowest BCUT2D eigenvalue weighted by Crippen LogP contribution is -2.14. The van der Waals surface area contributed by atoms with Gasteiger partial charge in [-0.3, -0.25) is 4.98 Å². The van der Waals surface area contributed by atoms with Crippen LogP contribution in [0.3, 0.4) is 0 Å². The minimum absolute atomic E-state index is 0.0698. The van der Waals surface area contributed by atoms with Gasteiger partial charge < -0.3 is 4.40 Å². The Morgan fingerprint density at radius 2 is 1.41 bits per heavy atom. The molecule has 2 heterocycles. The van der Waals surface area contributed by atoms with Gasteiger partial charge in [-0.15, -0.1) is 0 Å². The number of fused-ring (bicyclic) bond motifs is 1. The standard InChI is InChI=1S/C14H21N3/c1-13(2,3)10-8-17-9-11(14(4,5)6)16-12(17)7-15-10/h7-9H,1-6H3. The van der Waals surface area contributed by atoms with E-state index < -0.39 is 0 Å². The molecule has 17 heavy (non-hydrogen) atoms. The average Bonchev–Trinajstić information content (AvgIpc) is 2.57. The van der Waals surface area contributed by atoms with Crippen molar-refractivity contribution in [3.8, 4) is 0 Å². The molecule has 2 rings (SSSR count). The molecule has 0 amide bonds. The van der Waals surface area contributed by atoms with Gasteiger partial charge in [-0.1, -0.05) is 41.5 Å². The van der Waals surface area contributed by atoms with Gasteiger partial charge in [-0.2, -0.15) is 0 Å². The Morgan fingerprint density at radius 3 is 1.94 bits per heavy atom. The van der Waals surface area contributed by atoms with Crippen molar-refractivity contribution in [3.63, 3.8) is 0 Å². The summed E-state index contributed by atoms with van der Waals surface area (Å²) in [6.45, 7) is 13.0. The summed E-state index contributed by atoms with van der Waals surface area (Å²) in [5.41, 5.74) is 3.25. The first-order valence-electron chi connectivity index (χ1n) is 6.04. The number of rotatable bonds is 0. The molecule has 2 aromatic heterocycles. The zero-order valence-corrected chi connectivity index (χ0v) is 11.6. The monoisotopic (exact) mass is 231 g/mol. The summed E-state index contributed by atoms with van der Waals surface area (Å²) in [5, 5.41) is 0. The van der Waals surface area contributed by atoms with E-state index in [0.717, 1.165) is 17.0 Å². The number of hydrogen-bond acceptors (Lipinski definition) is 2. The molecule has 0 aliphatic carbocycles. The summed E-state index contributed by atoms with van der Waals surface area (Å²) in [5.74, 6) is 0. The molecule has 0 radical (unpaired) electrons. The van der Waals surface area contributed by atoms with Gasteiger partial charge in [-0.25, -0.2) is 4.98 Å². The van der Waals surface area contributed by atoms with E-state index in [2.05, 4.69) is 68.3 Å². The molecule has 0 bridgehead atoms. The zero-order valence-electron chi connectivity index (χ0n) is 11.6. The highest BCUT2D eigenvalue weighted by atomic mass is 15.0. The van der Waals surface area contributed by atoms with Gasteiger partial charge in [0.2, 0.25) is 0 Å². The number of nitrogens with zero attached hydrogens (tertiary/aromatic N) is 3. The first-order chi connectivity index (χ1) is 7.68. The van der Waals surface area contributed by atoms with Crippen molar-refractivity contribution in [1.29, 1.82) is 0 Å². The Labute approximate surface area is 103 Å². The fourth-order valence-corrected chi connectivity index (χ4v) is 1.65. The topological polar surface area (TPSA) is 30.2 Å². The summed E-state index contributed by atoms with van der Waals surface area (Å²) in [4.78, 5) is 9.10. The van der Waals surface area contributed by atoms with E-state index in [-0.39, 0.29) is 10.8 Å². The summed E-state index contributed by atoms with van der Waals surface area (Å²) in [6, 6.07) is 0. The number of imidazole rings is 1. The summed E-state index contributed by atoms with van der Waals surface area (Å²) >= 11 is 0. The van der Waals surface area contributed by atoms with Gasteiger partial charge in [0, 0.05) is 23.2 Å². The van der Waals surface area contributed by atoms with Crippen molar-refractivity contribution in [2.45, 2.75) is 52.4 Å². The third kappa shape index (κ3) is 2.33. The van der Waals surface area contributed by atoms with Gasteiger partial charge >= 0.3 is 0 Å². The van der Waals surface area contributed by atoms with Gasteiger partial charge in [-0.05, 0) is 0 Å². The first kappa shape index (κ1) is 12.1. The van der Waals surface area contributed by atoms with Gasteiger partial charge in [0.15, 0.2) is 5.65 Å². The van der Waals surface area contributed by atoms with Crippen LogP contribution in [0.1, 0.15) is 52.9 Å². The summed E-state index contributed by atoms with van der Waals surface area (Å²) in [7, 11) is 0. The minimum atomic E-state index is 0.0698. The van der Waals surface area contributed by atoms with Crippen LogP contribution in [0, 0.1) is 0 Å². The molecule has 3 heteroatoms. The smallest absolute Gasteiger partial charge is 0.155 e. The molecule has 0 saturated heterocycles. The lowest BCUT2D eigenvalue weighted by molar-refractivity contribution is 0.564. The predicted molar refractivity (Wildman–Crippen MR) is 70.4 cm³/mol. The van der Waals surface area contributed by atoms with Gasteiger partial charge in [0.1, 0.15) is 0 Å². The van der Waals surface area contributed by atoms with Crippen molar-refractivity contribution in [2.24, 2.45) is 0 Å². The van der Waals surface area contributed by atoms with E-state index in [4.69, 9.17) is 0 Å². The quantitative estimate of drug-likeness (QED) is 0.696. The molecule has 0 N–H and O–H groups in total. The maximum Gasteiger partial charge on any atom is 0.155 e. The highest BCUT2D eigenvalue weighted by molar-refractivity contribution is 5.39. The van der Waals surface area contributed by atoms with Crippen LogP contribution in [0.15, 0.2) is 18.6 Å². The van der Waals surface area contributed by atoms with E-state index in [1.165, 1.54) is 0 Å². The van der Waals surface area contributed by atoms with Crippen LogP contribution >= 0.6 is 0 Å². The molecule has 92 valence electrons. The van der Waals surface area contributed by atoms with E-state index in [0.29, 0.717) is 0 Å². The molecular formula is C14H21N3. The Hall–Kier alpha value is -1.38. The first-order valence-corrected chi connectivity index (χ1v) is 6.04. The normalized spacial score (nSPS) is 13.3. The van der Waals surface area contributed by atoms with E-state index in [9.17, 15) is 0 Å². The molecule has 2 aromatic rings. The minimum Gasteiger partial charge on any atom is -0.304 e. The number of hydrogen-bond donors (Lipinski definition) is 0. The van der Waals surface area contributed by atoms with Crippen LogP contribution in [0.2, 0.25) is 0 Å². The van der Waals surface area contributed by atoms with Crippen molar-refractivity contribution < 1.29 is 0 Å². The van der Waals surface area contributed by atoms with Crippen molar-refractivity contribution in [2.75, 3.05) is 0 Å². The molecule has 0 saturated carbocycles. The van der Waals surface area contributed by atoms with Crippen LogP contribution in [0.25, 0.3) is 5.65 Å². The van der Waals surface area contributed by atoms with Crippen molar-refractivity contribution >= 4 is 5.65 Å². The fraction of sp³-hybridized carbons (Fsp3) is 0.571.